The van der Waals surface area contributed by atoms with Crippen molar-refractivity contribution in [2.24, 2.45) is 0 Å². The van der Waals surface area contributed by atoms with Crippen molar-refractivity contribution in [2.75, 3.05) is 5.32 Å². The van der Waals surface area contributed by atoms with Crippen LogP contribution in [0.15, 0.2) is 36.4 Å². The van der Waals surface area contributed by atoms with Crippen LogP contribution < -0.4 is 15.4 Å². The Balaban J connectivity index is 2.13. The van der Waals surface area contributed by atoms with Crippen molar-refractivity contribution >= 4 is 80.1 Å². The highest BCUT2D eigenvalue weighted by atomic mass is 127. The molecule has 0 aromatic heterocycles. The summed E-state index contributed by atoms with van der Waals surface area (Å²) in [5.41, 5.74) is 0.810. The number of ether oxygens (including phenoxy) is 1. The van der Waals surface area contributed by atoms with Crippen LogP contribution in [0.2, 0.25) is 0 Å². The van der Waals surface area contributed by atoms with E-state index in [0.29, 0.717) is 20.6 Å². The highest BCUT2D eigenvalue weighted by Crippen LogP contribution is 2.26. The Morgan fingerprint density at radius 3 is 2.61 bits per heavy atom. The molecule has 9 heteroatoms. The van der Waals surface area contributed by atoms with Crippen molar-refractivity contribution in [2.45, 2.75) is 26.4 Å². The average Bonchev–Trinajstić information content (AvgIpc) is 2.63. The highest BCUT2D eigenvalue weighted by Gasteiger charge is 2.17. The van der Waals surface area contributed by atoms with Crippen LogP contribution in [0, 0.1) is 7.14 Å². The van der Waals surface area contributed by atoms with Gasteiger partial charge in [0.2, 0.25) is 0 Å². The van der Waals surface area contributed by atoms with Gasteiger partial charge in [0.15, 0.2) is 5.11 Å². The SMILES string of the molecule is CC[C@@H](C)Oc1cccc(C(=O)NC(=S)Nc2c(I)cc(I)cc2C(=O)O)c1. The third kappa shape index (κ3) is 6.27. The quantitative estimate of drug-likeness (QED) is 0.314. The van der Waals surface area contributed by atoms with Crippen LogP contribution in [0.3, 0.4) is 0 Å². The normalized spacial score (nSPS) is 11.4. The van der Waals surface area contributed by atoms with Gasteiger partial charge in [-0.25, -0.2) is 4.79 Å². The average molecular weight is 624 g/mol. The third-order valence-electron chi connectivity index (χ3n) is 3.76. The number of carboxylic acid groups (broad SMARTS) is 1. The van der Waals surface area contributed by atoms with E-state index in [1.165, 1.54) is 6.07 Å². The molecule has 0 aliphatic rings. The molecule has 2 aromatic rings. The topological polar surface area (TPSA) is 87.7 Å². The minimum absolute atomic E-state index is 0.0138. The van der Waals surface area contributed by atoms with Gasteiger partial charge in [0, 0.05) is 12.7 Å². The number of rotatable bonds is 6. The number of halogens is 2. The first-order valence-electron chi connectivity index (χ1n) is 8.32. The molecule has 0 aliphatic carbocycles. The number of carbonyl (C=O) groups excluding carboxylic acids is 1. The van der Waals surface area contributed by atoms with Crippen LogP contribution in [-0.2, 0) is 0 Å². The minimum Gasteiger partial charge on any atom is -0.491 e. The Bertz CT molecular complexity index is 921. The van der Waals surface area contributed by atoms with E-state index in [-0.39, 0.29) is 16.8 Å². The summed E-state index contributed by atoms with van der Waals surface area (Å²) in [7, 11) is 0. The molecule has 2 rings (SSSR count). The monoisotopic (exact) mass is 624 g/mol. The molecule has 0 heterocycles. The van der Waals surface area contributed by atoms with Gasteiger partial charge in [-0.1, -0.05) is 13.0 Å². The van der Waals surface area contributed by atoms with E-state index >= 15 is 0 Å². The van der Waals surface area contributed by atoms with Crippen LogP contribution >= 0.6 is 57.4 Å². The summed E-state index contributed by atoms with van der Waals surface area (Å²) in [5, 5.41) is 14.8. The van der Waals surface area contributed by atoms with E-state index < -0.39 is 11.9 Å². The molecule has 6 nitrogen and oxygen atoms in total. The van der Waals surface area contributed by atoms with Gasteiger partial charge in [0.25, 0.3) is 5.91 Å². The first-order chi connectivity index (χ1) is 13.2. The molecule has 0 bridgehead atoms. The number of anilines is 1. The molecule has 0 fully saturated rings. The van der Waals surface area contributed by atoms with Crippen molar-refractivity contribution in [1.29, 1.82) is 0 Å². The predicted octanol–water partition coefficient (Wildman–Crippen LogP) is 4.90. The van der Waals surface area contributed by atoms with Gasteiger partial charge in [-0.2, -0.15) is 0 Å². The fraction of sp³-hybridized carbons (Fsp3) is 0.211. The van der Waals surface area contributed by atoms with E-state index in [4.69, 9.17) is 17.0 Å². The summed E-state index contributed by atoms with van der Waals surface area (Å²) in [6.07, 6.45) is 0.892. The Hall–Kier alpha value is -1.47. The second-order valence-corrected chi connectivity index (χ2v) is 8.70. The number of thiocarbonyl (C=S) groups is 1. The maximum atomic E-state index is 12.5. The maximum absolute atomic E-state index is 12.5. The third-order valence-corrected chi connectivity index (χ3v) is 5.44. The lowest BCUT2D eigenvalue weighted by Crippen LogP contribution is -2.34. The largest absolute Gasteiger partial charge is 0.491 e. The molecule has 28 heavy (non-hydrogen) atoms. The van der Waals surface area contributed by atoms with Gasteiger partial charge < -0.3 is 15.2 Å². The molecule has 0 radical (unpaired) electrons. The summed E-state index contributed by atoms with van der Waals surface area (Å²) in [6.45, 7) is 3.97. The standard InChI is InChI=1S/C19H18I2N2O4S/c1-3-10(2)27-13-6-4-5-11(7-13)17(24)23-19(28)22-16-14(18(25)26)8-12(20)9-15(16)21/h4-10H,3H2,1-2H3,(H,25,26)(H2,22,23,24,28)/t10-/m1/s1. The number of amides is 1. The Kier molecular flexibility index (Phi) is 8.43. The summed E-state index contributed by atoms with van der Waals surface area (Å²) in [5.74, 6) is -0.895. The number of hydrogen-bond acceptors (Lipinski definition) is 4. The van der Waals surface area contributed by atoms with Crippen LogP contribution in [0.1, 0.15) is 41.0 Å². The molecular formula is C19H18I2N2O4S. The lowest BCUT2D eigenvalue weighted by molar-refractivity contribution is 0.0697. The van der Waals surface area contributed by atoms with Crippen molar-refractivity contribution in [3.8, 4) is 5.75 Å². The Morgan fingerprint density at radius 1 is 1.25 bits per heavy atom. The van der Waals surface area contributed by atoms with Crippen LogP contribution in [0.25, 0.3) is 0 Å². The van der Waals surface area contributed by atoms with Gasteiger partial charge in [0.05, 0.1) is 17.4 Å². The first kappa shape index (κ1) is 22.8. The Labute approximate surface area is 195 Å². The summed E-state index contributed by atoms with van der Waals surface area (Å²) in [6, 6.07) is 10.2. The lowest BCUT2D eigenvalue weighted by atomic mass is 10.2. The molecule has 1 amide bonds. The van der Waals surface area contributed by atoms with E-state index in [2.05, 4.69) is 10.6 Å². The number of carbonyl (C=O) groups is 2. The highest BCUT2D eigenvalue weighted by molar-refractivity contribution is 14.1. The number of carboxylic acids is 1. The van der Waals surface area contributed by atoms with E-state index in [1.54, 1.807) is 24.3 Å². The minimum atomic E-state index is -1.08. The van der Waals surface area contributed by atoms with Crippen molar-refractivity contribution in [1.82, 2.24) is 5.32 Å². The molecule has 0 unspecified atom stereocenters. The van der Waals surface area contributed by atoms with Gasteiger partial charge in [0.1, 0.15) is 5.75 Å². The maximum Gasteiger partial charge on any atom is 0.337 e. The fourth-order valence-electron chi connectivity index (χ4n) is 2.22. The van der Waals surface area contributed by atoms with E-state index in [0.717, 1.165) is 9.99 Å². The van der Waals surface area contributed by atoms with Crippen LogP contribution in [0.5, 0.6) is 5.75 Å². The number of nitrogens with one attached hydrogen (secondary N) is 2. The molecule has 0 saturated heterocycles. The second-order valence-electron chi connectivity index (χ2n) is 5.89. The zero-order chi connectivity index (χ0) is 20.8. The lowest BCUT2D eigenvalue weighted by Gasteiger charge is -2.15. The molecule has 3 N–H and O–H groups in total. The Morgan fingerprint density at radius 2 is 1.96 bits per heavy atom. The zero-order valence-electron chi connectivity index (χ0n) is 15.1. The number of benzene rings is 2. The number of hydrogen-bond donors (Lipinski definition) is 3. The molecule has 1 atom stereocenters. The van der Waals surface area contributed by atoms with Gasteiger partial charge in [-0.3, -0.25) is 10.1 Å². The summed E-state index contributed by atoms with van der Waals surface area (Å²) >= 11 is 9.27. The van der Waals surface area contributed by atoms with E-state index in [9.17, 15) is 14.7 Å². The molecule has 0 saturated carbocycles. The van der Waals surface area contributed by atoms with Gasteiger partial charge in [-0.05, 0) is 101 Å². The van der Waals surface area contributed by atoms with Gasteiger partial charge in [-0.15, -0.1) is 0 Å². The van der Waals surface area contributed by atoms with Crippen LogP contribution in [-0.4, -0.2) is 28.2 Å². The van der Waals surface area contributed by atoms with E-state index in [1.807, 2.05) is 65.1 Å². The predicted molar refractivity (Wildman–Crippen MR) is 129 cm³/mol. The molecule has 0 spiro atoms. The smallest absolute Gasteiger partial charge is 0.337 e. The van der Waals surface area contributed by atoms with Crippen molar-refractivity contribution in [3.05, 3.63) is 54.7 Å². The van der Waals surface area contributed by atoms with Crippen molar-refractivity contribution < 1.29 is 19.4 Å². The van der Waals surface area contributed by atoms with Gasteiger partial charge >= 0.3 is 5.97 Å². The zero-order valence-corrected chi connectivity index (χ0v) is 20.2. The van der Waals surface area contributed by atoms with Crippen molar-refractivity contribution in [3.63, 3.8) is 0 Å². The molecule has 148 valence electrons. The molecular weight excluding hydrogens is 606 g/mol. The van der Waals surface area contributed by atoms with Crippen LogP contribution in [0.4, 0.5) is 5.69 Å². The second kappa shape index (κ2) is 10.3. The summed E-state index contributed by atoms with van der Waals surface area (Å²) in [4.78, 5) is 24.0. The number of aromatic carboxylic acids is 1. The molecule has 2 aromatic carbocycles. The summed E-state index contributed by atoms with van der Waals surface area (Å²) < 4.78 is 7.20. The fourth-order valence-corrected chi connectivity index (χ4v) is 4.39. The first-order valence-corrected chi connectivity index (χ1v) is 10.9. The molecule has 0 aliphatic heterocycles.